The number of amides is 1. The molecular formula is C44H62N2O26S3. The largest absolute Gasteiger partial charge is 0.450 e. The summed E-state index contributed by atoms with van der Waals surface area (Å²) in [6, 6.07) is 0.691. The highest BCUT2D eigenvalue weighted by atomic mass is 32.3. The van der Waals surface area contributed by atoms with Crippen molar-refractivity contribution in [2.45, 2.75) is 183 Å². The number of rotatable bonds is 26. The highest BCUT2D eigenvalue weighted by Gasteiger charge is 2.41. The zero-order valence-corrected chi connectivity index (χ0v) is 45.8. The summed E-state index contributed by atoms with van der Waals surface area (Å²) >= 11 is 0.463. The van der Waals surface area contributed by atoms with Crippen molar-refractivity contribution in [3.05, 3.63) is 11.6 Å². The Balaban J connectivity index is 1.82. The molecule has 31 heteroatoms. The zero-order valence-electron chi connectivity index (χ0n) is 43.3. The van der Waals surface area contributed by atoms with E-state index in [0.29, 0.717) is 17.9 Å². The third-order valence-corrected chi connectivity index (χ3v) is 16.1. The molecule has 422 valence electrons. The minimum Gasteiger partial charge on any atom is -0.450 e. The highest BCUT2D eigenvalue weighted by Crippen LogP contribution is 2.42. The first-order chi connectivity index (χ1) is 34.6. The van der Waals surface area contributed by atoms with Crippen molar-refractivity contribution in [3.63, 3.8) is 0 Å². The van der Waals surface area contributed by atoms with Crippen molar-refractivity contribution < 1.29 is 122 Å². The Morgan fingerprint density at radius 1 is 0.520 bits per heavy atom. The molecule has 0 radical (unpaired) electrons. The molecule has 0 saturated carbocycles. The molecule has 2 heterocycles. The lowest BCUT2D eigenvalue weighted by Crippen LogP contribution is -2.42. The van der Waals surface area contributed by atoms with Crippen LogP contribution < -0.4 is 10.0 Å². The molecule has 2 N–H and O–H groups in total. The smallest absolute Gasteiger partial charge is 0.347 e. The molecule has 1 aromatic heterocycles. The van der Waals surface area contributed by atoms with Crippen LogP contribution in [-0.2, 0) is 125 Å². The molecule has 11 unspecified atom stereocenters. The number of thiophene rings is 1. The Bertz CT molecular complexity index is 2540. The van der Waals surface area contributed by atoms with Gasteiger partial charge in [-0.15, -0.1) is 11.3 Å². The molecule has 1 aliphatic rings. The average Bonchev–Trinajstić information content (AvgIpc) is 3.81. The topological polar surface area (TPSA) is 382 Å². The molecule has 0 aliphatic carbocycles. The fourth-order valence-corrected chi connectivity index (χ4v) is 10.8. The Hall–Kier alpha value is -6.31. The summed E-state index contributed by atoms with van der Waals surface area (Å²) in [5, 5.41) is 2.31. The molecule has 0 fully saturated rings. The van der Waals surface area contributed by atoms with Crippen molar-refractivity contribution in [3.8, 4) is 0 Å². The molecule has 0 bridgehead atoms. The van der Waals surface area contributed by atoms with E-state index < -0.39 is 168 Å². The lowest BCUT2D eigenvalue weighted by atomic mass is 10.1. The summed E-state index contributed by atoms with van der Waals surface area (Å²) in [5.74, 6) is -13.7. The van der Waals surface area contributed by atoms with E-state index in [4.69, 9.17) is 52.1 Å². The van der Waals surface area contributed by atoms with Crippen molar-refractivity contribution in [1.29, 1.82) is 0 Å². The lowest BCUT2D eigenvalue weighted by molar-refractivity contribution is -0.190. The Morgan fingerprint density at radius 3 is 1.05 bits per heavy atom. The first-order valence-electron chi connectivity index (χ1n) is 22.8. The van der Waals surface area contributed by atoms with Gasteiger partial charge in [-0.2, -0.15) is 0 Å². The van der Waals surface area contributed by atoms with Crippen molar-refractivity contribution >= 4 is 96.8 Å². The van der Waals surface area contributed by atoms with E-state index in [1.54, 1.807) is 11.6 Å². The predicted molar refractivity (Wildman–Crippen MR) is 249 cm³/mol. The van der Waals surface area contributed by atoms with Gasteiger partial charge in [0, 0.05) is 18.7 Å². The number of methoxy groups -OCH3 is 1. The van der Waals surface area contributed by atoms with Gasteiger partial charge >= 0.3 is 59.7 Å². The molecule has 1 aliphatic heterocycles. The summed E-state index contributed by atoms with van der Waals surface area (Å²) in [7, 11) is -7.27. The number of carbonyl (C=O) groups excluding carboxylic acids is 11. The van der Waals surface area contributed by atoms with E-state index in [1.165, 1.54) is 27.9 Å². The van der Waals surface area contributed by atoms with Gasteiger partial charge in [-0.3, -0.25) is 4.79 Å². The third kappa shape index (κ3) is 18.5. The number of sulfone groups is 1. The van der Waals surface area contributed by atoms with Gasteiger partial charge in [0.25, 0.3) is 15.9 Å². The van der Waals surface area contributed by atoms with Gasteiger partial charge in [0.15, 0.2) is 77.0 Å². The van der Waals surface area contributed by atoms with Crippen molar-refractivity contribution in [2.75, 3.05) is 13.7 Å². The minimum atomic E-state index is -4.66. The first kappa shape index (κ1) is 64.8. The summed E-state index contributed by atoms with van der Waals surface area (Å²) in [6.07, 6.45) is -17.7. The minimum absolute atomic E-state index is 0.158. The zero-order chi connectivity index (χ0) is 57.6. The molecule has 1 aromatic rings. The van der Waals surface area contributed by atoms with Crippen LogP contribution in [0.4, 0.5) is 0 Å². The van der Waals surface area contributed by atoms with Crippen molar-refractivity contribution in [1.82, 2.24) is 10.0 Å². The Morgan fingerprint density at radius 2 is 0.787 bits per heavy atom. The molecule has 0 spiro atoms. The van der Waals surface area contributed by atoms with Gasteiger partial charge in [0.1, 0.15) is 8.42 Å². The summed E-state index contributed by atoms with van der Waals surface area (Å²) in [4.78, 5) is 138. The Labute approximate surface area is 435 Å². The van der Waals surface area contributed by atoms with Crippen LogP contribution in [0.1, 0.15) is 108 Å². The van der Waals surface area contributed by atoms with Gasteiger partial charge in [-0.05, 0) is 102 Å². The average molecular weight is 1130 g/mol. The predicted octanol–water partition coefficient (Wildman–Crippen LogP) is 0.121. The van der Waals surface area contributed by atoms with Crippen LogP contribution in [0.2, 0.25) is 0 Å². The number of esters is 10. The van der Waals surface area contributed by atoms with E-state index in [0.717, 1.165) is 68.4 Å². The number of fused-ring (bicyclic) bond motifs is 1. The van der Waals surface area contributed by atoms with E-state index in [-0.39, 0.29) is 16.2 Å². The van der Waals surface area contributed by atoms with Gasteiger partial charge in [-0.25, -0.2) is 69.5 Å². The van der Waals surface area contributed by atoms with Crippen LogP contribution in [0, 0.1) is 0 Å². The van der Waals surface area contributed by atoms with Crippen LogP contribution in [0.5, 0.6) is 0 Å². The molecule has 2 rings (SSSR count). The monoisotopic (exact) mass is 1130 g/mol. The molecule has 0 aromatic carbocycles. The van der Waals surface area contributed by atoms with E-state index in [2.05, 4.69) is 5.32 Å². The fraction of sp³-hybridized carbons (Fsp3) is 0.659. The molecule has 75 heavy (non-hydrogen) atoms. The SMILES string of the molecule is CCN[C@H]1C[C@H](C)S(=O)(=O)c2sc(S(=O)(=O)NC(=O)C(C)OC(=O)C(C)OC(=O)C(C)OC(=O)C(C)OC(=O)C(C)OC(=O)C(C)OC(=O)C(C)OC(=O)C(C)OC(=O)C(C)OC(=O)C(C)OC(=O)C(C)OC)cc21. The molecule has 13 atom stereocenters. The standard InChI is InChI=1S/C44H62N2O26S3/c1-15-45-31-16-18(2)74(58,59)44-30(31)17-32(73-44)75(60,61)46-33(47)19(3)63-35(49)21(5)65-37(51)23(7)67-39(53)25(9)69-41(55)27(11)71-43(57)29(13)72-42(56)28(12)70-40(54)26(10)68-38(52)24(8)66-36(50)22(6)64-34(48)20(4)62-14/h17-29,31,45H,15-16H2,1-14H3,(H,46,47)/t18-,19?,20?,21?,22?,23?,24?,25?,26?,27?,28?,29?,31-/m0/s1. The number of carbonyl (C=O) groups is 11. The second-order valence-corrected chi connectivity index (χ2v) is 22.2. The van der Waals surface area contributed by atoms with Gasteiger partial charge < -0.3 is 57.4 Å². The maximum atomic E-state index is 13.1. The molecule has 0 saturated heterocycles. The summed E-state index contributed by atoms with van der Waals surface area (Å²) in [5.41, 5.74) is 0.238. The molecule has 1 amide bonds. The maximum Gasteiger partial charge on any atom is 0.347 e. The van der Waals surface area contributed by atoms with Crippen LogP contribution in [0.15, 0.2) is 14.5 Å². The van der Waals surface area contributed by atoms with Crippen LogP contribution in [0.25, 0.3) is 0 Å². The summed E-state index contributed by atoms with van der Waals surface area (Å²) < 4.78 is 107. The third-order valence-electron chi connectivity index (χ3n) is 10.4. The fourth-order valence-electron chi connectivity index (χ4n) is 5.72. The van der Waals surface area contributed by atoms with E-state index in [9.17, 15) is 69.6 Å². The number of nitrogens with one attached hydrogen (secondary N) is 2. The number of hydrogen-bond acceptors (Lipinski definition) is 28. The van der Waals surface area contributed by atoms with Gasteiger partial charge in [0.05, 0.1) is 5.25 Å². The van der Waals surface area contributed by atoms with Crippen LogP contribution in [-0.4, -0.2) is 168 Å². The summed E-state index contributed by atoms with van der Waals surface area (Å²) in [6.45, 7) is 15.6. The lowest BCUT2D eigenvalue weighted by Gasteiger charge is -2.27. The Kier molecular flexibility index (Phi) is 24.2. The van der Waals surface area contributed by atoms with Crippen LogP contribution >= 0.6 is 11.3 Å². The number of sulfonamides is 1. The van der Waals surface area contributed by atoms with Gasteiger partial charge in [0.2, 0.25) is 0 Å². The number of hydrogen-bond donors (Lipinski definition) is 2. The molecule has 28 nitrogen and oxygen atoms in total. The van der Waals surface area contributed by atoms with Crippen molar-refractivity contribution in [2.24, 2.45) is 0 Å². The second kappa shape index (κ2) is 28.0. The molecular weight excluding hydrogens is 1070 g/mol. The first-order valence-corrected chi connectivity index (χ1v) is 26.7. The second-order valence-electron chi connectivity index (χ2n) is 16.6. The van der Waals surface area contributed by atoms with Crippen LogP contribution in [0.3, 0.4) is 0 Å². The number of ether oxygens (including phenoxy) is 11. The normalized spacial score (nSPS) is 19.2. The highest BCUT2D eigenvalue weighted by molar-refractivity contribution is 7.95. The maximum absolute atomic E-state index is 13.1. The van der Waals surface area contributed by atoms with E-state index in [1.807, 2.05) is 0 Å². The van der Waals surface area contributed by atoms with E-state index >= 15 is 0 Å². The quantitative estimate of drug-likeness (QED) is 0.0919. The van der Waals surface area contributed by atoms with Gasteiger partial charge in [-0.1, -0.05) is 6.92 Å².